The van der Waals surface area contributed by atoms with Crippen molar-refractivity contribution in [2.24, 2.45) is 0 Å². The fraction of sp³-hybridized carbons (Fsp3) is 0. The zero-order valence-corrected chi connectivity index (χ0v) is 24.6. The molecule has 0 aliphatic carbocycles. The normalized spacial score (nSPS) is 11.6. The minimum absolute atomic E-state index is 1.13. The highest BCUT2D eigenvalue weighted by atomic mass is 15.1. The molecule has 2 aromatic heterocycles. The van der Waals surface area contributed by atoms with Crippen molar-refractivity contribution in [3.8, 4) is 11.4 Å². The quantitative estimate of drug-likeness (QED) is 0.199. The smallest absolute Gasteiger partial charge is 0.0542 e. The number of benzene rings is 7. The lowest BCUT2D eigenvalue weighted by Gasteiger charge is -2.25. The molecule has 2 heterocycles. The van der Waals surface area contributed by atoms with E-state index in [4.69, 9.17) is 0 Å². The fourth-order valence-electron chi connectivity index (χ4n) is 6.93. The van der Waals surface area contributed by atoms with E-state index in [-0.39, 0.29) is 0 Å². The van der Waals surface area contributed by atoms with Gasteiger partial charge >= 0.3 is 0 Å². The van der Waals surface area contributed by atoms with E-state index in [2.05, 4.69) is 190 Å². The lowest BCUT2D eigenvalue weighted by molar-refractivity contribution is 1.14. The number of rotatable bonds is 5. The first-order valence-electron chi connectivity index (χ1n) is 15.4. The van der Waals surface area contributed by atoms with Gasteiger partial charge in [0.15, 0.2) is 0 Å². The maximum atomic E-state index is 2.39. The zero-order valence-electron chi connectivity index (χ0n) is 24.6. The number of nitrogens with zero attached hydrogens (tertiary/aromatic N) is 3. The summed E-state index contributed by atoms with van der Waals surface area (Å²) in [5.74, 6) is 0. The summed E-state index contributed by atoms with van der Waals surface area (Å²) < 4.78 is 4.76. The lowest BCUT2D eigenvalue weighted by atomic mass is 10.1. The number of hydrogen-bond donors (Lipinski definition) is 0. The van der Waals surface area contributed by atoms with Gasteiger partial charge in [-0.25, -0.2) is 0 Å². The highest BCUT2D eigenvalue weighted by molar-refractivity contribution is 6.11. The molecule has 0 spiro atoms. The van der Waals surface area contributed by atoms with E-state index >= 15 is 0 Å². The van der Waals surface area contributed by atoms with Gasteiger partial charge in [0.2, 0.25) is 0 Å². The number of hydrogen-bond acceptors (Lipinski definition) is 1. The fourth-order valence-corrected chi connectivity index (χ4v) is 6.93. The Balaban J connectivity index is 1.21. The van der Waals surface area contributed by atoms with Crippen molar-refractivity contribution in [2.75, 3.05) is 4.90 Å². The van der Waals surface area contributed by atoms with Crippen LogP contribution in [-0.2, 0) is 0 Å². The highest BCUT2D eigenvalue weighted by Gasteiger charge is 2.17. The van der Waals surface area contributed by atoms with Crippen molar-refractivity contribution < 1.29 is 0 Å². The van der Waals surface area contributed by atoms with E-state index < -0.39 is 0 Å². The molecule has 212 valence electrons. The Morgan fingerprint density at radius 3 is 1.13 bits per heavy atom. The second kappa shape index (κ2) is 10.3. The van der Waals surface area contributed by atoms with E-state index in [0.29, 0.717) is 0 Å². The summed E-state index contributed by atoms with van der Waals surface area (Å²) in [5, 5.41) is 5.01. The third-order valence-corrected chi connectivity index (χ3v) is 8.89. The van der Waals surface area contributed by atoms with Crippen LogP contribution in [0.5, 0.6) is 0 Å². The molecule has 0 saturated carbocycles. The van der Waals surface area contributed by atoms with E-state index in [1.54, 1.807) is 0 Å². The number of aromatic nitrogens is 2. The minimum Gasteiger partial charge on any atom is -0.310 e. The summed E-state index contributed by atoms with van der Waals surface area (Å²) >= 11 is 0. The first-order valence-corrected chi connectivity index (χ1v) is 15.4. The zero-order chi connectivity index (χ0) is 29.7. The molecule has 7 aromatic carbocycles. The molecule has 0 amide bonds. The molecular formula is C42H29N3. The first kappa shape index (κ1) is 25.4. The molecule has 0 saturated heterocycles. The highest BCUT2D eigenvalue weighted by Crippen LogP contribution is 2.40. The van der Waals surface area contributed by atoms with E-state index in [0.717, 1.165) is 28.4 Å². The van der Waals surface area contributed by atoms with Crippen LogP contribution in [0.1, 0.15) is 0 Å². The third-order valence-electron chi connectivity index (χ3n) is 8.89. The van der Waals surface area contributed by atoms with Crippen molar-refractivity contribution in [1.82, 2.24) is 9.13 Å². The summed E-state index contributed by atoms with van der Waals surface area (Å²) in [6.45, 7) is 0. The Morgan fingerprint density at radius 1 is 0.289 bits per heavy atom. The molecule has 0 N–H and O–H groups in total. The van der Waals surface area contributed by atoms with Gasteiger partial charge in [0.1, 0.15) is 0 Å². The Labute approximate surface area is 261 Å². The summed E-state index contributed by atoms with van der Waals surface area (Å²) in [6.07, 6.45) is 0. The molecule has 0 aliphatic heterocycles. The van der Waals surface area contributed by atoms with Crippen LogP contribution >= 0.6 is 0 Å². The molecular weight excluding hydrogens is 546 g/mol. The lowest BCUT2D eigenvalue weighted by Crippen LogP contribution is -2.09. The molecule has 9 aromatic rings. The minimum atomic E-state index is 1.13. The Morgan fingerprint density at radius 2 is 0.667 bits per heavy atom. The van der Waals surface area contributed by atoms with E-state index in [9.17, 15) is 0 Å². The average molecular weight is 576 g/mol. The maximum Gasteiger partial charge on any atom is 0.0542 e. The van der Waals surface area contributed by atoms with Crippen molar-refractivity contribution in [1.29, 1.82) is 0 Å². The molecule has 0 atom stereocenters. The molecule has 9 rings (SSSR count). The first-order chi connectivity index (χ1) is 22.3. The third kappa shape index (κ3) is 4.05. The molecule has 45 heavy (non-hydrogen) atoms. The standard InChI is InChI=1S/C42H29N3/c1-3-13-30(14-4-1)43(31-15-5-2-6-16-31)34-27-28-42-38(29-34)37-19-9-12-22-41(37)45(42)33-25-23-32(24-26-33)44-39-20-10-7-17-35(39)36-18-8-11-21-40(36)44/h1-29H. The van der Waals surface area contributed by atoms with Gasteiger partial charge in [-0.1, -0.05) is 91.0 Å². The Bertz CT molecular complexity index is 2380. The Kier molecular flexibility index (Phi) is 5.82. The second-order valence-electron chi connectivity index (χ2n) is 11.4. The predicted octanol–water partition coefficient (Wildman–Crippen LogP) is 11.4. The molecule has 3 nitrogen and oxygen atoms in total. The van der Waals surface area contributed by atoms with E-state index in [1.165, 1.54) is 43.6 Å². The van der Waals surface area contributed by atoms with Crippen LogP contribution in [0.2, 0.25) is 0 Å². The van der Waals surface area contributed by atoms with Crippen molar-refractivity contribution in [3.63, 3.8) is 0 Å². The maximum absolute atomic E-state index is 2.39. The Hall–Kier alpha value is -6.06. The van der Waals surface area contributed by atoms with E-state index in [1.807, 2.05) is 0 Å². The monoisotopic (exact) mass is 575 g/mol. The summed E-state index contributed by atoms with van der Waals surface area (Å²) in [6, 6.07) is 63.1. The van der Waals surface area contributed by atoms with Crippen molar-refractivity contribution in [2.45, 2.75) is 0 Å². The van der Waals surface area contributed by atoms with Gasteiger partial charge in [-0.3, -0.25) is 0 Å². The summed E-state index contributed by atoms with van der Waals surface area (Å²) in [5.41, 5.74) is 10.5. The van der Waals surface area contributed by atoms with Gasteiger partial charge < -0.3 is 14.0 Å². The number of fused-ring (bicyclic) bond motifs is 6. The SMILES string of the molecule is c1ccc(N(c2ccccc2)c2ccc3c(c2)c2ccccc2n3-c2ccc(-n3c4ccccc4c4ccccc43)cc2)cc1. The predicted molar refractivity (Wildman–Crippen MR) is 190 cm³/mol. The number of para-hydroxylation sites is 5. The molecule has 0 bridgehead atoms. The van der Waals surface area contributed by atoms with Gasteiger partial charge in [-0.2, -0.15) is 0 Å². The van der Waals surface area contributed by atoms with Gasteiger partial charge in [0, 0.05) is 50.0 Å². The van der Waals surface area contributed by atoms with Crippen LogP contribution in [0.4, 0.5) is 17.1 Å². The summed E-state index contributed by atoms with van der Waals surface area (Å²) in [4.78, 5) is 2.33. The van der Waals surface area contributed by atoms with Crippen molar-refractivity contribution >= 4 is 60.7 Å². The topological polar surface area (TPSA) is 13.1 Å². The van der Waals surface area contributed by atoms with Crippen LogP contribution < -0.4 is 4.90 Å². The number of anilines is 3. The summed E-state index contributed by atoms with van der Waals surface area (Å²) in [7, 11) is 0. The van der Waals surface area contributed by atoms with Crippen LogP contribution in [0, 0.1) is 0 Å². The van der Waals surface area contributed by atoms with Crippen LogP contribution in [0.3, 0.4) is 0 Å². The molecule has 0 fully saturated rings. The second-order valence-corrected chi connectivity index (χ2v) is 11.4. The van der Waals surface area contributed by atoms with Gasteiger partial charge in [-0.05, 0) is 84.9 Å². The molecule has 0 radical (unpaired) electrons. The molecule has 3 heteroatoms. The molecule has 0 unspecified atom stereocenters. The largest absolute Gasteiger partial charge is 0.310 e. The van der Waals surface area contributed by atoms with Gasteiger partial charge in [0.25, 0.3) is 0 Å². The van der Waals surface area contributed by atoms with Crippen molar-refractivity contribution in [3.05, 3.63) is 176 Å². The van der Waals surface area contributed by atoms with Crippen LogP contribution in [0.15, 0.2) is 176 Å². The van der Waals surface area contributed by atoms with Gasteiger partial charge in [-0.15, -0.1) is 0 Å². The van der Waals surface area contributed by atoms with Crippen LogP contribution in [0.25, 0.3) is 55.0 Å². The van der Waals surface area contributed by atoms with Gasteiger partial charge in [0.05, 0.1) is 22.1 Å². The average Bonchev–Trinajstić information content (AvgIpc) is 3.62. The van der Waals surface area contributed by atoms with Crippen LogP contribution in [-0.4, -0.2) is 9.13 Å². The molecule has 0 aliphatic rings.